The van der Waals surface area contributed by atoms with Crippen LogP contribution in [0.25, 0.3) is 5.95 Å². The van der Waals surface area contributed by atoms with Crippen molar-refractivity contribution < 1.29 is 9.18 Å². The van der Waals surface area contributed by atoms with Crippen molar-refractivity contribution >= 4 is 23.2 Å². The molecule has 0 fully saturated rings. The second kappa shape index (κ2) is 5.90. The lowest BCUT2D eigenvalue weighted by Crippen LogP contribution is -2.15. The zero-order valence-corrected chi connectivity index (χ0v) is 11.8. The molecule has 0 aliphatic carbocycles. The maximum atomic E-state index is 13.4. The molecule has 0 saturated heterocycles. The van der Waals surface area contributed by atoms with Gasteiger partial charge in [-0.15, -0.1) is 0 Å². The molecule has 2 heterocycles. The minimum absolute atomic E-state index is 0.0116. The summed E-state index contributed by atoms with van der Waals surface area (Å²) in [6.45, 7) is 0. The molecule has 2 aromatic heterocycles. The van der Waals surface area contributed by atoms with E-state index in [2.05, 4.69) is 20.3 Å². The van der Waals surface area contributed by atoms with Crippen LogP contribution in [0.1, 0.15) is 10.5 Å². The van der Waals surface area contributed by atoms with Crippen molar-refractivity contribution in [1.29, 1.82) is 0 Å². The third kappa shape index (κ3) is 2.94. The van der Waals surface area contributed by atoms with Gasteiger partial charge in [-0.1, -0.05) is 11.6 Å². The molecular formula is C14H9ClFN5O. The summed E-state index contributed by atoms with van der Waals surface area (Å²) < 4.78 is 14.9. The molecule has 1 aromatic carbocycles. The zero-order chi connectivity index (χ0) is 15.5. The fourth-order valence-electron chi connectivity index (χ4n) is 1.75. The number of carbonyl (C=O) groups excluding carboxylic acids is 1. The first-order valence-electron chi connectivity index (χ1n) is 6.21. The van der Waals surface area contributed by atoms with Gasteiger partial charge in [0.15, 0.2) is 0 Å². The highest BCUT2D eigenvalue weighted by Gasteiger charge is 2.11. The van der Waals surface area contributed by atoms with E-state index in [-0.39, 0.29) is 16.4 Å². The summed E-state index contributed by atoms with van der Waals surface area (Å²) >= 11 is 5.60. The molecule has 0 aliphatic heterocycles. The molecule has 0 radical (unpaired) electrons. The van der Waals surface area contributed by atoms with Crippen LogP contribution in [0.15, 0.2) is 49.2 Å². The second-order valence-corrected chi connectivity index (χ2v) is 4.70. The Kier molecular flexibility index (Phi) is 3.80. The quantitative estimate of drug-likeness (QED) is 0.806. The van der Waals surface area contributed by atoms with E-state index < -0.39 is 11.7 Å². The van der Waals surface area contributed by atoms with Crippen LogP contribution in [0, 0.1) is 5.82 Å². The highest BCUT2D eigenvalue weighted by atomic mass is 35.5. The van der Waals surface area contributed by atoms with Crippen molar-refractivity contribution in [2.24, 2.45) is 0 Å². The number of imidazole rings is 1. The first-order valence-corrected chi connectivity index (χ1v) is 6.59. The molecule has 110 valence electrons. The van der Waals surface area contributed by atoms with Crippen LogP contribution in [0.4, 0.5) is 10.1 Å². The zero-order valence-electron chi connectivity index (χ0n) is 11.1. The molecule has 3 rings (SSSR count). The lowest BCUT2D eigenvalue weighted by molar-refractivity contribution is 0.102. The summed E-state index contributed by atoms with van der Waals surface area (Å²) in [6.07, 6.45) is 6.21. The Labute approximate surface area is 129 Å². The second-order valence-electron chi connectivity index (χ2n) is 4.29. The Hall–Kier alpha value is -2.80. The average molecular weight is 318 g/mol. The smallest absolute Gasteiger partial charge is 0.274 e. The number of rotatable bonds is 3. The summed E-state index contributed by atoms with van der Waals surface area (Å²) in [6, 6.07) is 5.46. The molecule has 6 nitrogen and oxygen atoms in total. The number of nitrogens with zero attached hydrogens (tertiary/aromatic N) is 4. The van der Waals surface area contributed by atoms with Gasteiger partial charge in [0, 0.05) is 24.3 Å². The molecule has 1 amide bonds. The highest BCUT2D eigenvalue weighted by Crippen LogP contribution is 2.19. The van der Waals surface area contributed by atoms with Crippen LogP contribution in [0.3, 0.4) is 0 Å². The molecule has 0 unspecified atom stereocenters. The Morgan fingerprint density at radius 1 is 1.27 bits per heavy atom. The summed E-state index contributed by atoms with van der Waals surface area (Å²) in [7, 11) is 0. The number of halogens is 2. The number of nitrogens with one attached hydrogen (secondary N) is 1. The molecule has 0 atom stereocenters. The fraction of sp³-hybridized carbons (Fsp3) is 0. The number of carbonyl (C=O) groups is 1. The number of amides is 1. The SMILES string of the molecule is O=C(Nc1ccc(Cl)c(F)c1)c1ccnc(-n2ccnc2)n1. The monoisotopic (exact) mass is 317 g/mol. The van der Waals surface area contributed by atoms with Crippen LogP contribution in [0.5, 0.6) is 0 Å². The first kappa shape index (κ1) is 14.2. The van der Waals surface area contributed by atoms with Crippen LogP contribution < -0.4 is 5.32 Å². The van der Waals surface area contributed by atoms with Gasteiger partial charge in [-0.3, -0.25) is 9.36 Å². The first-order chi connectivity index (χ1) is 10.6. The van der Waals surface area contributed by atoms with Crippen LogP contribution in [-0.4, -0.2) is 25.4 Å². The lowest BCUT2D eigenvalue weighted by Gasteiger charge is -2.06. The van der Waals surface area contributed by atoms with E-state index in [1.54, 1.807) is 17.0 Å². The van der Waals surface area contributed by atoms with Crippen LogP contribution in [0.2, 0.25) is 5.02 Å². The summed E-state index contributed by atoms with van der Waals surface area (Å²) in [5.41, 5.74) is 0.434. The summed E-state index contributed by atoms with van der Waals surface area (Å²) in [5.74, 6) is -0.779. The van der Waals surface area contributed by atoms with Crippen LogP contribution >= 0.6 is 11.6 Å². The Balaban J connectivity index is 1.83. The third-order valence-corrected chi connectivity index (χ3v) is 3.09. The Morgan fingerprint density at radius 3 is 2.86 bits per heavy atom. The number of aromatic nitrogens is 4. The average Bonchev–Trinajstić information content (AvgIpc) is 3.05. The third-order valence-electron chi connectivity index (χ3n) is 2.79. The van der Waals surface area contributed by atoms with Gasteiger partial charge in [-0.25, -0.2) is 19.3 Å². The molecule has 3 aromatic rings. The molecule has 0 spiro atoms. The molecule has 8 heteroatoms. The van der Waals surface area contributed by atoms with Gasteiger partial charge >= 0.3 is 0 Å². The number of anilines is 1. The summed E-state index contributed by atoms with van der Waals surface area (Å²) in [4.78, 5) is 24.2. The van der Waals surface area contributed by atoms with E-state index in [9.17, 15) is 9.18 Å². The van der Waals surface area contributed by atoms with E-state index in [1.165, 1.54) is 30.7 Å². The van der Waals surface area contributed by atoms with E-state index in [0.29, 0.717) is 5.95 Å². The van der Waals surface area contributed by atoms with Gasteiger partial charge in [-0.2, -0.15) is 0 Å². The van der Waals surface area contributed by atoms with Gasteiger partial charge in [0.05, 0.1) is 5.02 Å². The van der Waals surface area contributed by atoms with Crippen molar-refractivity contribution in [1.82, 2.24) is 19.5 Å². The van der Waals surface area contributed by atoms with E-state index in [4.69, 9.17) is 11.6 Å². The van der Waals surface area contributed by atoms with E-state index in [1.807, 2.05) is 0 Å². The topological polar surface area (TPSA) is 72.7 Å². The number of hydrogen-bond acceptors (Lipinski definition) is 4. The predicted molar refractivity (Wildman–Crippen MR) is 78.5 cm³/mol. The molecule has 1 N–H and O–H groups in total. The minimum atomic E-state index is -0.610. The molecule has 0 saturated carbocycles. The van der Waals surface area contributed by atoms with Gasteiger partial charge in [-0.05, 0) is 24.3 Å². The highest BCUT2D eigenvalue weighted by molar-refractivity contribution is 6.30. The van der Waals surface area contributed by atoms with Crippen molar-refractivity contribution in [2.75, 3.05) is 5.32 Å². The van der Waals surface area contributed by atoms with Gasteiger partial charge < -0.3 is 5.32 Å². The predicted octanol–water partition coefficient (Wildman–Crippen LogP) is 2.71. The summed E-state index contributed by atoms with van der Waals surface area (Å²) in [5, 5.41) is 2.53. The maximum absolute atomic E-state index is 13.4. The molecule has 0 bridgehead atoms. The Morgan fingerprint density at radius 2 is 2.14 bits per heavy atom. The van der Waals surface area contributed by atoms with Gasteiger partial charge in [0.1, 0.15) is 17.8 Å². The van der Waals surface area contributed by atoms with E-state index >= 15 is 0 Å². The molecule has 0 aliphatic rings. The van der Waals surface area contributed by atoms with E-state index in [0.717, 1.165) is 6.07 Å². The van der Waals surface area contributed by atoms with Crippen molar-refractivity contribution in [3.63, 3.8) is 0 Å². The number of hydrogen-bond donors (Lipinski definition) is 1. The maximum Gasteiger partial charge on any atom is 0.274 e. The molecule has 22 heavy (non-hydrogen) atoms. The van der Waals surface area contributed by atoms with Crippen molar-refractivity contribution in [3.8, 4) is 5.95 Å². The largest absolute Gasteiger partial charge is 0.321 e. The Bertz CT molecular complexity index is 822. The normalized spacial score (nSPS) is 10.5. The van der Waals surface area contributed by atoms with Gasteiger partial charge in [0.25, 0.3) is 5.91 Å². The van der Waals surface area contributed by atoms with Crippen molar-refractivity contribution in [3.05, 3.63) is 65.7 Å². The standard InChI is InChI=1S/C14H9ClFN5O/c15-10-2-1-9(7-11(10)16)19-13(22)12-3-4-18-14(20-12)21-6-5-17-8-21/h1-8H,(H,19,22). The minimum Gasteiger partial charge on any atom is -0.321 e. The van der Waals surface area contributed by atoms with Gasteiger partial charge in [0.2, 0.25) is 5.95 Å². The number of benzene rings is 1. The van der Waals surface area contributed by atoms with Crippen molar-refractivity contribution in [2.45, 2.75) is 0 Å². The molecular weight excluding hydrogens is 309 g/mol. The van der Waals surface area contributed by atoms with Crippen LogP contribution in [-0.2, 0) is 0 Å². The fourth-order valence-corrected chi connectivity index (χ4v) is 1.86. The lowest BCUT2D eigenvalue weighted by atomic mass is 10.3.